The fraction of sp³-hybridized carbons (Fsp3) is 1.00. The molecule has 1 saturated heterocycles. The van der Waals surface area contributed by atoms with Crippen LogP contribution >= 0.6 is 15.9 Å². The predicted octanol–water partition coefficient (Wildman–Crippen LogP) is 1.87. The molecule has 0 amide bonds. The van der Waals surface area contributed by atoms with Crippen molar-refractivity contribution in [2.75, 3.05) is 13.1 Å². The average molecular weight is 313 g/mol. The van der Waals surface area contributed by atoms with E-state index in [-0.39, 0.29) is 6.04 Å². The Hall–Kier alpha value is 0.350. The van der Waals surface area contributed by atoms with Crippen molar-refractivity contribution in [2.24, 2.45) is 0 Å². The summed E-state index contributed by atoms with van der Waals surface area (Å²) < 4.78 is 28.2. The molecular formula is C10H21BrN2O2S. The van der Waals surface area contributed by atoms with Crippen LogP contribution in [-0.2, 0) is 10.2 Å². The number of rotatable bonds is 5. The van der Waals surface area contributed by atoms with E-state index < -0.39 is 10.2 Å². The highest BCUT2D eigenvalue weighted by atomic mass is 79.9. The van der Waals surface area contributed by atoms with Crippen molar-refractivity contribution in [3.63, 3.8) is 0 Å². The fourth-order valence-corrected chi connectivity index (χ4v) is 4.02. The van der Waals surface area contributed by atoms with E-state index in [0.717, 1.165) is 25.7 Å². The maximum Gasteiger partial charge on any atom is 0.279 e. The van der Waals surface area contributed by atoms with Gasteiger partial charge in [-0.05, 0) is 26.2 Å². The largest absolute Gasteiger partial charge is 0.279 e. The van der Waals surface area contributed by atoms with E-state index in [9.17, 15) is 8.42 Å². The Morgan fingerprint density at radius 1 is 1.25 bits per heavy atom. The van der Waals surface area contributed by atoms with Gasteiger partial charge in [0.15, 0.2) is 0 Å². The second-order valence-corrected chi connectivity index (χ2v) is 7.77. The molecule has 0 aromatic carbocycles. The summed E-state index contributed by atoms with van der Waals surface area (Å²) in [5, 5.41) is 0. The van der Waals surface area contributed by atoms with Crippen molar-refractivity contribution in [3.05, 3.63) is 0 Å². The van der Waals surface area contributed by atoms with Gasteiger partial charge in [0.1, 0.15) is 0 Å². The van der Waals surface area contributed by atoms with Crippen LogP contribution in [-0.4, -0.2) is 36.7 Å². The first-order valence-corrected chi connectivity index (χ1v) is 8.19. The van der Waals surface area contributed by atoms with Crippen LogP contribution in [0.15, 0.2) is 0 Å². The molecule has 1 rings (SSSR count). The molecule has 96 valence electrons. The van der Waals surface area contributed by atoms with Crippen molar-refractivity contribution in [1.29, 1.82) is 0 Å². The van der Waals surface area contributed by atoms with Gasteiger partial charge in [0, 0.05) is 24.0 Å². The zero-order valence-corrected chi connectivity index (χ0v) is 12.3. The first kappa shape index (κ1) is 14.4. The van der Waals surface area contributed by atoms with Crippen molar-refractivity contribution in [2.45, 2.75) is 50.4 Å². The SMILES string of the molecule is CC(Br)CC(C)NS(=O)(=O)N1CCCCC1. The van der Waals surface area contributed by atoms with E-state index in [1.54, 1.807) is 4.31 Å². The maximum absolute atomic E-state index is 12.0. The van der Waals surface area contributed by atoms with Gasteiger partial charge in [-0.2, -0.15) is 17.4 Å². The normalized spacial score (nSPS) is 22.9. The lowest BCUT2D eigenvalue weighted by atomic mass is 10.2. The second-order valence-electron chi connectivity index (χ2n) is 4.50. The molecule has 1 N–H and O–H groups in total. The van der Waals surface area contributed by atoms with Crippen LogP contribution in [0.4, 0.5) is 0 Å². The van der Waals surface area contributed by atoms with Crippen LogP contribution in [0.1, 0.15) is 39.5 Å². The third-order valence-electron chi connectivity index (χ3n) is 2.68. The monoisotopic (exact) mass is 312 g/mol. The predicted molar refractivity (Wildman–Crippen MR) is 69.9 cm³/mol. The van der Waals surface area contributed by atoms with Crippen LogP contribution < -0.4 is 4.72 Å². The summed E-state index contributed by atoms with van der Waals surface area (Å²) >= 11 is 3.43. The Balaban J connectivity index is 2.49. The van der Waals surface area contributed by atoms with Gasteiger partial charge in [-0.15, -0.1) is 0 Å². The van der Waals surface area contributed by atoms with Crippen LogP contribution in [0, 0.1) is 0 Å². The fourth-order valence-electron chi connectivity index (χ4n) is 1.97. The topological polar surface area (TPSA) is 49.4 Å². The Morgan fingerprint density at radius 2 is 1.81 bits per heavy atom. The molecule has 0 aliphatic carbocycles. The summed E-state index contributed by atoms with van der Waals surface area (Å²) in [6.07, 6.45) is 3.89. The quantitative estimate of drug-likeness (QED) is 0.788. The van der Waals surface area contributed by atoms with E-state index in [4.69, 9.17) is 0 Å². The van der Waals surface area contributed by atoms with Gasteiger partial charge in [-0.25, -0.2) is 0 Å². The van der Waals surface area contributed by atoms with Crippen molar-refractivity contribution < 1.29 is 8.42 Å². The molecule has 0 spiro atoms. The Bertz CT molecular complexity index is 300. The molecule has 2 atom stereocenters. The van der Waals surface area contributed by atoms with Gasteiger partial charge in [0.25, 0.3) is 10.2 Å². The standard InChI is InChI=1S/C10H21BrN2O2S/c1-9(11)8-10(2)12-16(14,15)13-6-4-3-5-7-13/h9-10,12H,3-8H2,1-2H3. The number of hydrogen-bond acceptors (Lipinski definition) is 2. The molecule has 0 bridgehead atoms. The van der Waals surface area contributed by atoms with E-state index in [1.807, 2.05) is 13.8 Å². The van der Waals surface area contributed by atoms with Crippen LogP contribution in [0.3, 0.4) is 0 Å². The molecule has 2 unspecified atom stereocenters. The molecule has 0 saturated carbocycles. The third kappa shape index (κ3) is 4.69. The van der Waals surface area contributed by atoms with Crippen LogP contribution in [0.25, 0.3) is 0 Å². The molecular weight excluding hydrogens is 292 g/mol. The summed E-state index contributed by atoms with van der Waals surface area (Å²) in [6, 6.07) is -0.0266. The summed E-state index contributed by atoms with van der Waals surface area (Å²) in [7, 11) is -3.27. The van der Waals surface area contributed by atoms with Crippen LogP contribution in [0.2, 0.25) is 0 Å². The average Bonchev–Trinajstić information content (AvgIpc) is 2.16. The molecule has 0 aromatic rings. The lowest BCUT2D eigenvalue weighted by Crippen LogP contribution is -2.46. The number of halogens is 1. The molecule has 0 radical (unpaired) electrons. The third-order valence-corrected chi connectivity index (χ3v) is 4.80. The smallest absolute Gasteiger partial charge is 0.199 e. The zero-order chi connectivity index (χ0) is 12.2. The lowest BCUT2D eigenvalue weighted by Gasteiger charge is -2.27. The number of alkyl halides is 1. The Labute approximate surface area is 107 Å². The zero-order valence-electron chi connectivity index (χ0n) is 9.95. The van der Waals surface area contributed by atoms with E-state index in [1.165, 1.54) is 0 Å². The highest BCUT2D eigenvalue weighted by Gasteiger charge is 2.25. The molecule has 6 heteroatoms. The molecule has 0 aromatic heterocycles. The number of nitrogens with one attached hydrogen (secondary N) is 1. The van der Waals surface area contributed by atoms with Crippen LogP contribution in [0.5, 0.6) is 0 Å². The van der Waals surface area contributed by atoms with E-state index in [0.29, 0.717) is 17.9 Å². The first-order valence-electron chi connectivity index (χ1n) is 5.83. The lowest BCUT2D eigenvalue weighted by molar-refractivity contribution is 0.338. The summed E-state index contributed by atoms with van der Waals surface area (Å²) in [6.45, 7) is 5.24. The van der Waals surface area contributed by atoms with Crippen molar-refractivity contribution in [3.8, 4) is 0 Å². The summed E-state index contributed by atoms with van der Waals surface area (Å²) in [4.78, 5) is 0.326. The van der Waals surface area contributed by atoms with Gasteiger partial charge < -0.3 is 0 Å². The minimum atomic E-state index is -3.27. The van der Waals surface area contributed by atoms with Crippen molar-refractivity contribution >= 4 is 26.1 Å². The molecule has 4 nitrogen and oxygen atoms in total. The molecule has 1 fully saturated rings. The van der Waals surface area contributed by atoms with Gasteiger partial charge in [-0.3, -0.25) is 0 Å². The highest BCUT2D eigenvalue weighted by molar-refractivity contribution is 9.09. The highest BCUT2D eigenvalue weighted by Crippen LogP contribution is 2.13. The van der Waals surface area contributed by atoms with Gasteiger partial charge in [0.2, 0.25) is 0 Å². The van der Waals surface area contributed by atoms with Crippen molar-refractivity contribution in [1.82, 2.24) is 9.03 Å². The minimum absolute atomic E-state index is 0.0266. The summed E-state index contributed by atoms with van der Waals surface area (Å²) in [5.41, 5.74) is 0. The number of nitrogens with zero attached hydrogens (tertiary/aromatic N) is 1. The first-order chi connectivity index (χ1) is 7.42. The molecule has 1 aliphatic rings. The Morgan fingerprint density at radius 3 is 2.31 bits per heavy atom. The maximum atomic E-state index is 12.0. The van der Waals surface area contributed by atoms with E-state index >= 15 is 0 Å². The van der Waals surface area contributed by atoms with Gasteiger partial charge in [-0.1, -0.05) is 29.3 Å². The Kier molecular flexibility index (Phi) is 5.70. The van der Waals surface area contributed by atoms with Gasteiger partial charge in [0.05, 0.1) is 0 Å². The summed E-state index contributed by atoms with van der Waals surface area (Å²) in [5.74, 6) is 0. The number of piperidine rings is 1. The minimum Gasteiger partial charge on any atom is -0.199 e. The second kappa shape index (κ2) is 6.33. The molecule has 1 heterocycles. The van der Waals surface area contributed by atoms with E-state index in [2.05, 4.69) is 20.7 Å². The molecule has 1 aliphatic heterocycles. The molecule has 16 heavy (non-hydrogen) atoms. The number of hydrogen-bond donors (Lipinski definition) is 1. The van der Waals surface area contributed by atoms with Gasteiger partial charge >= 0.3 is 0 Å².